The molecular formula is C18H15FN2O3. The minimum Gasteiger partial charge on any atom is -0.478 e. The number of hydrogen-bond donors (Lipinski definition) is 3. The summed E-state index contributed by atoms with van der Waals surface area (Å²) in [5, 5.41) is 12.2. The van der Waals surface area contributed by atoms with E-state index in [1.165, 1.54) is 12.1 Å². The molecule has 0 fully saturated rings. The standard InChI is InChI=1S/C18H15FN2O3/c1-8-14(18(23)24)10-3-2-4-11(16(10)20-8)15-12-7-9(19)5-6-13(12)21-17(15)22/h5-7,20H,2-4H2,1H3,(H,21,22)(H,23,24)/b15-11-. The number of carboxylic acids is 1. The van der Waals surface area contributed by atoms with Gasteiger partial charge < -0.3 is 15.4 Å². The second-order valence-electron chi connectivity index (χ2n) is 6.13. The first-order chi connectivity index (χ1) is 11.5. The maximum atomic E-state index is 13.7. The van der Waals surface area contributed by atoms with Gasteiger partial charge in [0.1, 0.15) is 5.82 Å². The molecule has 1 aromatic carbocycles. The normalized spacial score (nSPS) is 19.0. The number of aromatic amines is 1. The number of halogens is 1. The van der Waals surface area contributed by atoms with Crippen molar-refractivity contribution in [1.82, 2.24) is 4.98 Å². The zero-order valence-electron chi connectivity index (χ0n) is 13.0. The van der Waals surface area contributed by atoms with Crippen molar-refractivity contribution in [3.05, 3.63) is 52.1 Å². The molecule has 0 bridgehead atoms. The molecule has 0 saturated heterocycles. The predicted octanol–water partition coefficient (Wildman–Crippen LogP) is 3.36. The highest BCUT2D eigenvalue weighted by Crippen LogP contribution is 2.43. The van der Waals surface area contributed by atoms with Gasteiger partial charge in [0.25, 0.3) is 5.91 Å². The van der Waals surface area contributed by atoms with Crippen molar-refractivity contribution in [3.8, 4) is 0 Å². The predicted molar refractivity (Wildman–Crippen MR) is 87.3 cm³/mol. The Kier molecular flexibility index (Phi) is 3.09. The van der Waals surface area contributed by atoms with Crippen LogP contribution < -0.4 is 5.32 Å². The van der Waals surface area contributed by atoms with E-state index in [1.807, 2.05) is 0 Å². The number of nitrogens with one attached hydrogen (secondary N) is 2. The topological polar surface area (TPSA) is 82.2 Å². The summed E-state index contributed by atoms with van der Waals surface area (Å²) in [7, 11) is 0. The van der Waals surface area contributed by atoms with Crippen LogP contribution in [0.1, 0.15) is 45.7 Å². The number of aromatic carboxylic acids is 1. The van der Waals surface area contributed by atoms with Gasteiger partial charge >= 0.3 is 5.97 Å². The number of carbonyl (C=O) groups is 2. The number of benzene rings is 1. The number of aromatic nitrogens is 1. The van der Waals surface area contributed by atoms with Gasteiger partial charge in [-0.05, 0) is 55.5 Å². The lowest BCUT2D eigenvalue weighted by molar-refractivity contribution is -0.110. The van der Waals surface area contributed by atoms with Crippen LogP contribution in [0.2, 0.25) is 0 Å². The van der Waals surface area contributed by atoms with Crippen LogP contribution in [0.4, 0.5) is 10.1 Å². The third-order valence-electron chi connectivity index (χ3n) is 4.69. The molecule has 0 radical (unpaired) electrons. The Bertz CT molecular complexity index is 940. The number of amides is 1. The molecule has 1 aliphatic carbocycles. The number of carbonyl (C=O) groups excluding carboxylic acids is 1. The molecule has 2 aromatic rings. The van der Waals surface area contributed by atoms with Crippen LogP contribution in [-0.4, -0.2) is 22.0 Å². The number of rotatable bonds is 1. The Morgan fingerprint density at radius 2 is 2.08 bits per heavy atom. The average Bonchev–Trinajstić information content (AvgIpc) is 3.02. The molecular weight excluding hydrogens is 311 g/mol. The summed E-state index contributed by atoms with van der Waals surface area (Å²) in [5.41, 5.74) is 4.58. The smallest absolute Gasteiger partial charge is 0.337 e. The van der Waals surface area contributed by atoms with Gasteiger partial charge in [-0.15, -0.1) is 0 Å². The highest BCUT2D eigenvalue weighted by molar-refractivity contribution is 6.36. The molecule has 0 spiro atoms. The second-order valence-corrected chi connectivity index (χ2v) is 6.13. The molecule has 122 valence electrons. The zero-order chi connectivity index (χ0) is 17.0. The van der Waals surface area contributed by atoms with Gasteiger partial charge in [-0.3, -0.25) is 4.79 Å². The lowest BCUT2D eigenvalue weighted by atomic mass is 9.86. The summed E-state index contributed by atoms with van der Waals surface area (Å²) < 4.78 is 13.7. The Balaban J connectivity index is 1.99. The van der Waals surface area contributed by atoms with Crippen LogP contribution in [0.15, 0.2) is 18.2 Å². The third-order valence-corrected chi connectivity index (χ3v) is 4.69. The molecule has 1 aromatic heterocycles. The lowest BCUT2D eigenvalue weighted by Gasteiger charge is -2.18. The second kappa shape index (κ2) is 5.06. The number of anilines is 1. The number of carboxylic acid groups (broad SMARTS) is 1. The van der Waals surface area contributed by atoms with E-state index < -0.39 is 11.8 Å². The van der Waals surface area contributed by atoms with Crippen LogP contribution in [0.25, 0.3) is 11.1 Å². The van der Waals surface area contributed by atoms with Crippen LogP contribution >= 0.6 is 0 Å². The van der Waals surface area contributed by atoms with E-state index in [0.29, 0.717) is 41.1 Å². The molecule has 24 heavy (non-hydrogen) atoms. The first-order valence-corrected chi connectivity index (χ1v) is 7.77. The Morgan fingerprint density at radius 3 is 2.83 bits per heavy atom. The molecule has 0 saturated carbocycles. The third kappa shape index (κ3) is 1.99. The summed E-state index contributed by atoms with van der Waals surface area (Å²) in [5.74, 6) is -1.66. The van der Waals surface area contributed by atoms with Crippen molar-refractivity contribution in [2.24, 2.45) is 0 Å². The van der Waals surface area contributed by atoms with E-state index in [4.69, 9.17) is 0 Å². The molecule has 0 unspecified atom stereocenters. The monoisotopic (exact) mass is 326 g/mol. The van der Waals surface area contributed by atoms with Gasteiger partial charge in [-0.1, -0.05) is 0 Å². The first kappa shape index (κ1) is 14.7. The summed E-state index contributed by atoms with van der Waals surface area (Å²) >= 11 is 0. The van der Waals surface area contributed by atoms with Crippen LogP contribution in [0.5, 0.6) is 0 Å². The highest BCUT2D eigenvalue weighted by atomic mass is 19.1. The average molecular weight is 326 g/mol. The van der Waals surface area contributed by atoms with Gasteiger partial charge in [0, 0.05) is 22.6 Å². The van der Waals surface area contributed by atoms with E-state index >= 15 is 0 Å². The number of H-pyrrole nitrogens is 1. The van der Waals surface area contributed by atoms with E-state index in [2.05, 4.69) is 10.3 Å². The first-order valence-electron chi connectivity index (χ1n) is 7.77. The number of allylic oxidation sites excluding steroid dienone is 1. The Labute approximate surface area is 137 Å². The molecule has 2 heterocycles. The van der Waals surface area contributed by atoms with Gasteiger partial charge in [0.05, 0.1) is 11.1 Å². The maximum Gasteiger partial charge on any atom is 0.337 e. The fourth-order valence-corrected chi connectivity index (χ4v) is 3.73. The molecule has 6 heteroatoms. The number of hydrogen-bond acceptors (Lipinski definition) is 2. The van der Waals surface area contributed by atoms with Crippen molar-refractivity contribution in [2.45, 2.75) is 26.2 Å². The SMILES string of the molecule is Cc1[nH]c2c(c1C(=O)O)CCC/C2=C1/C(=O)Nc2ccc(F)cc21. The summed E-state index contributed by atoms with van der Waals surface area (Å²) in [6, 6.07) is 4.20. The molecule has 1 amide bonds. The molecule has 0 atom stereocenters. The summed E-state index contributed by atoms with van der Waals surface area (Å²) in [4.78, 5) is 27.1. The van der Waals surface area contributed by atoms with E-state index in [-0.39, 0.29) is 11.5 Å². The zero-order valence-corrected chi connectivity index (χ0v) is 13.0. The van der Waals surface area contributed by atoms with Crippen molar-refractivity contribution in [1.29, 1.82) is 0 Å². The summed E-state index contributed by atoms with van der Waals surface area (Å²) in [6.07, 6.45) is 2.04. The van der Waals surface area contributed by atoms with E-state index in [0.717, 1.165) is 17.6 Å². The quantitative estimate of drug-likeness (QED) is 0.703. The molecule has 1 aliphatic heterocycles. The molecule has 4 rings (SSSR count). The lowest BCUT2D eigenvalue weighted by Crippen LogP contribution is -2.10. The maximum absolute atomic E-state index is 13.7. The number of fused-ring (bicyclic) bond motifs is 2. The van der Waals surface area contributed by atoms with Crippen molar-refractivity contribution < 1.29 is 19.1 Å². The van der Waals surface area contributed by atoms with Gasteiger partial charge in [-0.2, -0.15) is 0 Å². The fraction of sp³-hybridized carbons (Fsp3) is 0.222. The van der Waals surface area contributed by atoms with Crippen LogP contribution in [0.3, 0.4) is 0 Å². The fourth-order valence-electron chi connectivity index (χ4n) is 3.73. The van der Waals surface area contributed by atoms with Crippen molar-refractivity contribution in [2.75, 3.05) is 5.32 Å². The van der Waals surface area contributed by atoms with Crippen LogP contribution in [-0.2, 0) is 11.2 Å². The Hall–Kier alpha value is -2.89. The molecule has 2 aliphatic rings. The number of aryl methyl sites for hydroxylation is 1. The van der Waals surface area contributed by atoms with E-state index in [9.17, 15) is 19.1 Å². The van der Waals surface area contributed by atoms with Crippen molar-refractivity contribution in [3.63, 3.8) is 0 Å². The Morgan fingerprint density at radius 1 is 1.29 bits per heavy atom. The highest BCUT2D eigenvalue weighted by Gasteiger charge is 2.33. The largest absolute Gasteiger partial charge is 0.478 e. The molecule has 5 nitrogen and oxygen atoms in total. The van der Waals surface area contributed by atoms with Crippen molar-refractivity contribution >= 4 is 28.7 Å². The van der Waals surface area contributed by atoms with Gasteiger partial charge in [0.15, 0.2) is 0 Å². The van der Waals surface area contributed by atoms with Gasteiger partial charge in [-0.25, -0.2) is 9.18 Å². The van der Waals surface area contributed by atoms with Crippen LogP contribution in [0, 0.1) is 12.7 Å². The minimum atomic E-state index is -0.974. The summed E-state index contributed by atoms with van der Waals surface area (Å²) in [6.45, 7) is 1.71. The van der Waals surface area contributed by atoms with E-state index in [1.54, 1.807) is 13.0 Å². The van der Waals surface area contributed by atoms with Gasteiger partial charge in [0.2, 0.25) is 0 Å². The molecule has 3 N–H and O–H groups in total. The minimum absolute atomic E-state index is 0.275.